The SMILES string of the molecule is C#CC1(O)CC[C@H]2[C@H]3C([C@H](O)C[C@@]21C)[C@@]1(C)CCC(=O)CC1=C[C@H]3C(=O)OC. The van der Waals surface area contributed by atoms with Crippen LogP contribution in [0.15, 0.2) is 11.6 Å². The highest BCUT2D eigenvalue weighted by Crippen LogP contribution is 2.67. The smallest absolute Gasteiger partial charge is 0.312 e. The van der Waals surface area contributed by atoms with E-state index in [1.54, 1.807) is 0 Å². The predicted octanol–water partition coefficient (Wildman–Crippen LogP) is 2.25. The minimum absolute atomic E-state index is 0.0123. The maximum absolute atomic E-state index is 12.8. The Morgan fingerprint density at radius 2 is 2.07 bits per heavy atom. The van der Waals surface area contributed by atoms with E-state index in [1.165, 1.54) is 7.11 Å². The van der Waals surface area contributed by atoms with Gasteiger partial charge in [0.05, 0.1) is 19.1 Å². The van der Waals surface area contributed by atoms with Crippen molar-refractivity contribution >= 4 is 11.8 Å². The molecule has 0 saturated heterocycles. The number of hydrogen-bond donors (Lipinski definition) is 2. The molecule has 0 aromatic rings. The highest BCUT2D eigenvalue weighted by Gasteiger charge is 2.68. The Bertz CT molecular complexity index is 793. The zero-order chi connectivity index (χ0) is 20.5. The average molecular weight is 386 g/mol. The monoisotopic (exact) mass is 386 g/mol. The molecule has 3 saturated carbocycles. The van der Waals surface area contributed by atoms with Crippen LogP contribution in [0.1, 0.15) is 52.4 Å². The van der Waals surface area contributed by atoms with E-state index in [9.17, 15) is 19.8 Å². The van der Waals surface area contributed by atoms with Crippen molar-refractivity contribution < 1.29 is 24.5 Å². The van der Waals surface area contributed by atoms with Crippen molar-refractivity contribution in [2.24, 2.45) is 34.5 Å². The van der Waals surface area contributed by atoms with Gasteiger partial charge in [0, 0.05) is 18.3 Å². The number of carbonyl (C=O) groups excluding carboxylic acids is 2. The maximum atomic E-state index is 12.8. The topological polar surface area (TPSA) is 83.8 Å². The molecule has 0 aromatic carbocycles. The van der Waals surface area contributed by atoms with Crippen molar-refractivity contribution in [1.82, 2.24) is 0 Å². The van der Waals surface area contributed by atoms with Gasteiger partial charge in [0.25, 0.3) is 0 Å². The molecule has 5 heteroatoms. The molecule has 0 aliphatic heterocycles. The minimum Gasteiger partial charge on any atom is -0.469 e. The van der Waals surface area contributed by atoms with Crippen LogP contribution < -0.4 is 0 Å². The third-order valence-electron chi connectivity index (χ3n) is 8.79. The molecule has 0 spiro atoms. The van der Waals surface area contributed by atoms with Gasteiger partial charge >= 0.3 is 5.97 Å². The third kappa shape index (κ3) is 2.34. The Morgan fingerprint density at radius 1 is 1.36 bits per heavy atom. The molecule has 2 unspecified atom stereocenters. The molecule has 3 fully saturated rings. The molecule has 4 rings (SSSR count). The summed E-state index contributed by atoms with van der Waals surface area (Å²) in [6, 6.07) is 0. The molecule has 0 radical (unpaired) electrons. The van der Waals surface area contributed by atoms with Gasteiger partial charge < -0.3 is 14.9 Å². The fourth-order valence-corrected chi connectivity index (χ4v) is 7.22. The molecule has 152 valence electrons. The van der Waals surface area contributed by atoms with Crippen molar-refractivity contribution in [3.8, 4) is 12.3 Å². The van der Waals surface area contributed by atoms with Crippen LogP contribution in [0.3, 0.4) is 0 Å². The van der Waals surface area contributed by atoms with E-state index in [0.717, 1.165) is 12.0 Å². The number of carbonyl (C=O) groups is 2. The lowest BCUT2D eigenvalue weighted by Gasteiger charge is -2.60. The van der Waals surface area contributed by atoms with Crippen LogP contribution in [0.5, 0.6) is 0 Å². The number of Topliss-reactive ketones (excluding diaryl/α,β-unsaturated/α-hetero) is 1. The molecule has 4 aliphatic carbocycles. The highest BCUT2D eigenvalue weighted by atomic mass is 16.5. The molecule has 4 aliphatic rings. The summed E-state index contributed by atoms with van der Waals surface area (Å²) in [4.78, 5) is 24.9. The Balaban J connectivity index is 1.87. The maximum Gasteiger partial charge on any atom is 0.312 e. The lowest BCUT2D eigenvalue weighted by Crippen LogP contribution is -2.61. The van der Waals surface area contributed by atoms with E-state index in [-0.39, 0.29) is 34.9 Å². The van der Waals surface area contributed by atoms with Gasteiger partial charge in [-0.3, -0.25) is 9.59 Å². The van der Waals surface area contributed by atoms with E-state index in [4.69, 9.17) is 11.2 Å². The van der Waals surface area contributed by atoms with Crippen molar-refractivity contribution in [3.63, 3.8) is 0 Å². The number of rotatable bonds is 1. The lowest BCUT2D eigenvalue weighted by molar-refractivity contribution is -0.175. The number of terminal acetylenes is 1. The van der Waals surface area contributed by atoms with Gasteiger partial charge in [0.15, 0.2) is 0 Å². The Morgan fingerprint density at radius 3 is 2.71 bits per heavy atom. The van der Waals surface area contributed by atoms with E-state index in [0.29, 0.717) is 32.1 Å². The zero-order valence-electron chi connectivity index (χ0n) is 16.9. The van der Waals surface area contributed by atoms with Crippen LogP contribution in [0.25, 0.3) is 0 Å². The van der Waals surface area contributed by atoms with Gasteiger partial charge in [0.2, 0.25) is 0 Å². The number of ketones is 1. The molecule has 8 atom stereocenters. The Kier molecular flexibility index (Phi) is 4.34. The summed E-state index contributed by atoms with van der Waals surface area (Å²) >= 11 is 0. The van der Waals surface area contributed by atoms with Crippen LogP contribution in [-0.4, -0.2) is 40.8 Å². The van der Waals surface area contributed by atoms with E-state index in [1.807, 2.05) is 13.0 Å². The normalized spacial score (nSPS) is 49.9. The van der Waals surface area contributed by atoms with Gasteiger partial charge in [-0.2, -0.15) is 0 Å². The summed E-state index contributed by atoms with van der Waals surface area (Å²) in [5, 5.41) is 22.5. The van der Waals surface area contributed by atoms with Crippen molar-refractivity contribution in [1.29, 1.82) is 0 Å². The molecular weight excluding hydrogens is 356 g/mol. The molecule has 28 heavy (non-hydrogen) atoms. The summed E-state index contributed by atoms with van der Waals surface area (Å²) < 4.78 is 5.12. The number of aliphatic hydroxyl groups is 2. The fourth-order valence-electron chi connectivity index (χ4n) is 7.22. The Labute approximate surface area is 166 Å². The second-order valence-corrected chi connectivity index (χ2v) is 9.82. The first-order valence-electron chi connectivity index (χ1n) is 10.3. The van der Waals surface area contributed by atoms with E-state index >= 15 is 0 Å². The summed E-state index contributed by atoms with van der Waals surface area (Å²) in [5.41, 5.74) is -1.28. The molecular formula is C23H30O5. The van der Waals surface area contributed by atoms with E-state index < -0.39 is 23.0 Å². The number of aliphatic hydroxyl groups excluding tert-OH is 1. The molecule has 0 aromatic heterocycles. The standard InChI is InChI=1S/C23H30O5/c1-5-23(27)9-7-16-18-15(20(26)28-4)11-13-10-14(24)6-8-21(13,2)19(18)17(25)12-22(16,23)3/h1,11,15-19,25,27H,6-10,12H2,2-4H3/t15-,16+,17-,18+,19?,21+,22+,23?/m1/s1. The van der Waals surface area contributed by atoms with Crippen LogP contribution in [0, 0.1) is 46.8 Å². The number of methoxy groups -OCH3 is 1. The number of fused-ring (bicyclic) bond motifs is 5. The first-order valence-corrected chi connectivity index (χ1v) is 10.3. The first-order chi connectivity index (χ1) is 13.1. The third-order valence-corrected chi connectivity index (χ3v) is 8.79. The number of ether oxygens (including phenoxy) is 1. The van der Waals surface area contributed by atoms with Crippen molar-refractivity contribution in [2.75, 3.05) is 7.11 Å². The fraction of sp³-hybridized carbons (Fsp3) is 0.739. The summed E-state index contributed by atoms with van der Waals surface area (Å²) in [7, 11) is 1.38. The summed E-state index contributed by atoms with van der Waals surface area (Å²) in [5.74, 6) is 1.62. The van der Waals surface area contributed by atoms with Crippen LogP contribution >= 0.6 is 0 Å². The molecule has 2 N–H and O–H groups in total. The van der Waals surface area contributed by atoms with E-state index in [2.05, 4.69) is 12.8 Å². The van der Waals surface area contributed by atoms with Gasteiger partial charge in [-0.05, 0) is 48.9 Å². The highest BCUT2D eigenvalue weighted by molar-refractivity contribution is 5.84. The average Bonchev–Trinajstić information content (AvgIpc) is 2.92. The summed E-state index contributed by atoms with van der Waals surface area (Å²) in [6.45, 7) is 4.09. The van der Waals surface area contributed by atoms with Crippen LogP contribution in [0.4, 0.5) is 0 Å². The quantitative estimate of drug-likeness (QED) is 0.410. The number of allylic oxidation sites excluding steroid dienone is 1. The Hall–Kier alpha value is -1.64. The number of hydrogen-bond acceptors (Lipinski definition) is 5. The van der Waals surface area contributed by atoms with Crippen molar-refractivity contribution in [2.45, 2.75) is 64.1 Å². The van der Waals surface area contributed by atoms with Crippen LogP contribution in [-0.2, 0) is 14.3 Å². The van der Waals surface area contributed by atoms with Crippen LogP contribution in [0.2, 0.25) is 0 Å². The van der Waals surface area contributed by atoms with Gasteiger partial charge in [-0.15, -0.1) is 6.42 Å². The van der Waals surface area contributed by atoms with Gasteiger partial charge in [0.1, 0.15) is 11.4 Å². The predicted molar refractivity (Wildman–Crippen MR) is 103 cm³/mol. The molecule has 0 amide bonds. The lowest BCUT2D eigenvalue weighted by atomic mass is 9.44. The summed E-state index contributed by atoms with van der Waals surface area (Å²) in [6.07, 6.45) is 10.1. The molecule has 5 nitrogen and oxygen atoms in total. The zero-order valence-corrected chi connectivity index (χ0v) is 16.9. The second kappa shape index (κ2) is 6.18. The van der Waals surface area contributed by atoms with Gasteiger partial charge in [-0.25, -0.2) is 0 Å². The van der Waals surface area contributed by atoms with Gasteiger partial charge in [-0.1, -0.05) is 31.4 Å². The minimum atomic E-state index is -1.28. The largest absolute Gasteiger partial charge is 0.469 e. The van der Waals surface area contributed by atoms with Crippen molar-refractivity contribution in [3.05, 3.63) is 11.6 Å². The molecule has 0 heterocycles. The molecule has 0 bridgehead atoms. The number of esters is 1. The second-order valence-electron chi connectivity index (χ2n) is 9.82. The first kappa shape index (κ1) is 19.7.